The third-order valence-electron chi connectivity index (χ3n) is 3.43. The number of hydrogen-bond acceptors (Lipinski definition) is 6. The second-order valence-electron chi connectivity index (χ2n) is 8.32. The fourth-order valence-electron chi connectivity index (χ4n) is 2.28. The van der Waals surface area contributed by atoms with Crippen molar-refractivity contribution in [2.45, 2.75) is 73.0 Å². The number of rotatable bonds is 5. The Morgan fingerprint density at radius 2 is 1.69 bits per heavy atom. The lowest BCUT2D eigenvalue weighted by atomic mass is 10.1. The number of amides is 1. The van der Waals surface area contributed by atoms with Crippen molar-refractivity contribution in [2.24, 2.45) is 0 Å². The molecule has 1 aromatic rings. The van der Waals surface area contributed by atoms with E-state index in [1.807, 2.05) is 0 Å². The SMILES string of the molecule is CCOC(=O)c1cc(Cl)c(C)c(Cl)c1N(C(=O)OC(C)(C)C)C(O)OC(C)(C)C. The van der Waals surface area contributed by atoms with Crippen LogP contribution in [0.4, 0.5) is 10.5 Å². The van der Waals surface area contributed by atoms with Crippen molar-refractivity contribution in [1.82, 2.24) is 0 Å². The highest BCUT2D eigenvalue weighted by molar-refractivity contribution is 6.39. The van der Waals surface area contributed by atoms with E-state index < -0.39 is 29.7 Å². The van der Waals surface area contributed by atoms with Gasteiger partial charge in [0, 0.05) is 5.02 Å². The van der Waals surface area contributed by atoms with E-state index in [2.05, 4.69) is 0 Å². The van der Waals surface area contributed by atoms with Gasteiger partial charge in [-0.15, -0.1) is 0 Å². The smallest absolute Gasteiger partial charge is 0.418 e. The van der Waals surface area contributed by atoms with Crippen molar-refractivity contribution < 1.29 is 28.9 Å². The summed E-state index contributed by atoms with van der Waals surface area (Å²) in [6.45, 7) is 13.4. The van der Waals surface area contributed by atoms with Gasteiger partial charge in [-0.1, -0.05) is 23.2 Å². The molecule has 164 valence electrons. The minimum atomic E-state index is -1.80. The molecule has 1 N–H and O–H groups in total. The van der Waals surface area contributed by atoms with Crippen molar-refractivity contribution in [3.63, 3.8) is 0 Å². The van der Waals surface area contributed by atoms with E-state index in [1.54, 1.807) is 55.4 Å². The van der Waals surface area contributed by atoms with Crippen LogP contribution in [-0.2, 0) is 14.2 Å². The Kier molecular flexibility index (Phi) is 8.36. The van der Waals surface area contributed by atoms with Crippen LogP contribution in [0, 0.1) is 6.92 Å². The molecule has 0 saturated carbocycles. The third kappa shape index (κ3) is 7.03. The quantitative estimate of drug-likeness (QED) is 0.483. The molecule has 0 aromatic heterocycles. The highest BCUT2D eigenvalue weighted by atomic mass is 35.5. The highest BCUT2D eigenvalue weighted by Gasteiger charge is 2.37. The average Bonchev–Trinajstić information content (AvgIpc) is 2.51. The first-order valence-electron chi connectivity index (χ1n) is 9.13. The standard InChI is InChI=1S/C20H29Cl2NO6/c1-9-27-16(24)12-10-13(21)11(2)14(22)15(12)23(17(25)28-19(3,4)5)18(26)29-20(6,7)8/h10,17,25H,9H2,1-8H3. The second-order valence-corrected chi connectivity index (χ2v) is 9.11. The molecule has 0 saturated heterocycles. The van der Waals surface area contributed by atoms with Gasteiger partial charge in [0.2, 0.25) is 6.41 Å². The van der Waals surface area contributed by atoms with Gasteiger partial charge in [-0.2, -0.15) is 0 Å². The van der Waals surface area contributed by atoms with E-state index in [1.165, 1.54) is 6.07 Å². The van der Waals surface area contributed by atoms with Gasteiger partial charge in [0.25, 0.3) is 0 Å². The minimum Gasteiger partial charge on any atom is -0.462 e. The maximum Gasteiger partial charge on any atom is 0.418 e. The Morgan fingerprint density at radius 1 is 1.14 bits per heavy atom. The van der Waals surface area contributed by atoms with Gasteiger partial charge >= 0.3 is 12.1 Å². The van der Waals surface area contributed by atoms with Crippen LogP contribution in [0.15, 0.2) is 6.07 Å². The number of hydrogen-bond donors (Lipinski definition) is 1. The summed E-state index contributed by atoms with van der Waals surface area (Å²) in [5.74, 6) is -0.761. The summed E-state index contributed by atoms with van der Waals surface area (Å²) in [7, 11) is 0. The van der Waals surface area contributed by atoms with Gasteiger partial charge in [0.05, 0.1) is 28.5 Å². The highest BCUT2D eigenvalue weighted by Crippen LogP contribution is 2.39. The van der Waals surface area contributed by atoms with Crippen molar-refractivity contribution in [2.75, 3.05) is 11.5 Å². The number of halogens is 2. The molecule has 1 rings (SSSR count). The zero-order chi connectivity index (χ0) is 22.7. The number of carbonyl (C=O) groups is 2. The number of ether oxygens (including phenoxy) is 3. The molecule has 0 fully saturated rings. The van der Waals surface area contributed by atoms with Crippen LogP contribution in [-0.4, -0.2) is 41.4 Å². The van der Waals surface area contributed by atoms with Crippen molar-refractivity contribution >= 4 is 41.0 Å². The molecule has 7 nitrogen and oxygen atoms in total. The number of anilines is 1. The summed E-state index contributed by atoms with van der Waals surface area (Å²) in [6, 6.07) is 1.33. The van der Waals surface area contributed by atoms with E-state index in [4.69, 9.17) is 37.4 Å². The molecule has 9 heteroatoms. The number of nitrogens with zero attached hydrogens (tertiary/aromatic N) is 1. The van der Waals surface area contributed by atoms with Gasteiger partial charge in [-0.3, -0.25) is 0 Å². The molecule has 1 unspecified atom stereocenters. The molecule has 0 radical (unpaired) electrons. The van der Waals surface area contributed by atoms with Crippen LogP contribution >= 0.6 is 23.2 Å². The maximum absolute atomic E-state index is 13.0. The van der Waals surface area contributed by atoms with Crippen LogP contribution in [0.1, 0.15) is 64.4 Å². The van der Waals surface area contributed by atoms with Gasteiger partial charge in [-0.05, 0) is 67.0 Å². The van der Waals surface area contributed by atoms with E-state index in [0.717, 1.165) is 4.90 Å². The predicted octanol–water partition coefficient (Wildman–Crippen LogP) is 5.31. The molecular weight excluding hydrogens is 421 g/mol. The van der Waals surface area contributed by atoms with E-state index >= 15 is 0 Å². The summed E-state index contributed by atoms with van der Waals surface area (Å²) in [5, 5.41) is 10.9. The van der Waals surface area contributed by atoms with Gasteiger partial charge < -0.3 is 19.3 Å². The first kappa shape index (κ1) is 25.5. The first-order chi connectivity index (χ1) is 13.1. The Morgan fingerprint density at radius 3 is 2.14 bits per heavy atom. The van der Waals surface area contributed by atoms with Crippen molar-refractivity contribution in [3.8, 4) is 0 Å². The number of aliphatic hydroxyl groups is 1. The fourth-order valence-corrected chi connectivity index (χ4v) is 2.82. The second kappa shape index (κ2) is 9.51. The lowest BCUT2D eigenvalue weighted by molar-refractivity contribution is -0.163. The summed E-state index contributed by atoms with van der Waals surface area (Å²) < 4.78 is 16.0. The molecule has 0 spiro atoms. The molecular formula is C20H29Cl2NO6. The Bertz CT molecular complexity index is 768. The number of esters is 1. The third-order valence-corrected chi connectivity index (χ3v) is 4.28. The largest absolute Gasteiger partial charge is 0.462 e. The van der Waals surface area contributed by atoms with Gasteiger partial charge in [0.15, 0.2) is 0 Å². The van der Waals surface area contributed by atoms with E-state index in [0.29, 0.717) is 5.56 Å². The zero-order valence-corrected chi connectivity index (χ0v) is 19.6. The predicted molar refractivity (Wildman–Crippen MR) is 113 cm³/mol. The lowest BCUT2D eigenvalue weighted by Crippen LogP contribution is -2.48. The van der Waals surface area contributed by atoms with E-state index in [-0.39, 0.29) is 27.9 Å². The van der Waals surface area contributed by atoms with Crippen LogP contribution < -0.4 is 4.90 Å². The number of benzene rings is 1. The Balaban J connectivity index is 3.72. The van der Waals surface area contributed by atoms with Crippen molar-refractivity contribution in [3.05, 3.63) is 27.2 Å². The molecule has 0 heterocycles. The molecule has 0 bridgehead atoms. The normalized spacial score (nSPS) is 13.1. The molecule has 1 amide bonds. The maximum atomic E-state index is 13.0. The van der Waals surface area contributed by atoms with E-state index in [9.17, 15) is 14.7 Å². The molecule has 0 aliphatic rings. The van der Waals surface area contributed by atoms with Crippen LogP contribution in [0.3, 0.4) is 0 Å². The van der Waals surface area contributed by atoms with Crippen LogP contribution in [0.2, 0.25) is 10.0 Å². The Hall–Kier alpha value is -1.54. The first-order valence-corrected chi connectivity index (χ1v) is 9.88. The number of aliphatic hydroxyl groups excluding tert-OH is 1. The molecule has 0 aliphatic heterocycles. The summed E-state index contributed by atoms with van der Waals surface area (Å²) in [4.78, 5) is 26.3. The van der Waals surface area contributed by atoms with Crippen LogP contribution in [0.5, 0.6) is 0 Å². The summed E-state index contributed by atoms with van der Waals surface area (Å²) in [6.07, 6.45) is -2.75. The van der Waals surface area contributed by atoms with Crippen LogP contribution in [0.25, 0.3) is 0 Å². The molecule has 1 atom stereocenters. The lowest BCUT2D eigenvalue weighted by Gasteiger charge is -2.35. The fraction of sp³-hybridized carbons (Fsp3) is 0.600. The monoisotopic (exact) mass is 449 g/mol. The summed E-state index contributed by atoms with van der Waals surface area (Å²) >= 11 is 12.7. The van der Waals surface area contributed by atoms with Gasteiger partial charge in [-0.25, -0.2) is 14.5 Å². The zero-order valence-electron chi connectivity index (χ0n) is 18.1. The molecule has 0 aliphatic carbocycles. The Labute approximate surface area is 181 Å². The van der Waals surface area contributed by atoms with Crippen molar-refractivity contribution in [1.29, 1.82) is 0 Å². The number of carbonyl (C=O) groups excluding carboxylic acids is 2. The minimum absolute atomic E-state index is 0.0111. The summed E-state index contributed by atoms with van der Waals surface area (Å²) in [5.41, 5.74) is -1.51. The topological polar surface area (TPSA) is 85.3 Å². The molecule has 1 aromatic carbocycles. The van der Waals surface area contributed by atoms with Gasteiger partial charge in [0.1, 0.15) is 5.60 Å². The molecule has 29 heavy (non-hydrogen) atoms. The average molecular weight is 450 g/mol.